The summed E-state index contributed by atoms with van der Waals surface area (Å²) in [7, 11) is 0. The maximum atomic E-state index is 10.1. The number of aryl methyl sites for hydroxylation is 1. The SMILES string of the molecule is O[C@H](CCCc1ccc(Br)cc1)c1ccc(Br)cc1. The van der Waals surface area contributed by atoms with Crippen molar-refractivity contribution in [2.24, 2.45) is 0 Å². The molecule has 0 aliphatic heterocycles. The van der Waals surface area contributed by atoms with Crippen molar-refractivity contribution in [2.45, 2.75) is 25.4 Å². The lowest BCUT2D eigenvalue weighted by Crippen LogP contribution is -1.98. The fraction of sp³-hybridized carbons (Fsp3) is 0.250. The second-order valence-corrected chi connectivity index (χ2v) is 6.42. The van der Waals surface area contributed by atoms with E-state index in [4.69, 9.17) is 0 Å². The maximum absolute atomic E-state index is 10.1. The number of halogens is 2. The molecule has 0 spiro atoms. The number of benzene rings is 2. The van der Waals surface area contributed by atoms with Crippen LogP contribution in [0.2, 0.25) is 0 Å². The topological polar surface area (TPSA) is 20.2 Å². The fourth-order valence-corrected chi connectivity index (χ4v) is 2.53. The zero-order valence-corrected chi connectivity index (χ0v) is 13.7. The lowest BCUT2D eigenvalue weighted by atomic mass is 10.0. The molecule has 0 unspecified atom stereocenters. The molecule has 0 aliphatic rings. The van der Waals surface area contributed by atoms with Gasteiger partial charge < -0.3 is 5.11 Å². The Labute approximate surface area is 130 Å². The average Bonchev–Trinajstić information content (AvgIpc) is 2.41. The Morgan fingerprint density at radius 3 is 1.95 bits per heavy atom. The van der Waals surface area contributed by atoms with Crippen LogP contribution in [0.25, 0.3) is 0 Å². The predicted molar refractivity (Wildman–Crippen MR) is 86.2 cm³/mol. The lowest BCUT2D eigenvalue weighted by molar-refractivity contribution is 0.164. The first kappa shape index (κ1) is 14.8. The highest BCUT2D eigenvalue weighted by Gasteiger charge is 2.07. The molecular weight excluding hydrogens is 368 g/mol. The summed E-state index contributed by atoms with van der Waals surface area (Å²) in [5.41, 5.74) is 2.30. The number of hydrogen-bond donors (Lipinski definition) is 1. The van der Waals surface area contributed by atoms with Gasteiger partial charge in [-0.15, -0.1) is 0 Å². The van der Waals surface area contributed by atoms with Gasteiger partial charge in [-0.05, 0) is 54.7 Å². The minimum atomic E-state index is -0.372. The van der Waals surface area contributed by atoms with Crippen molar-refractivity contribution in [3.05, 3.63) is 68.6 Å². The Balaban J connectivity index is 1.82. The minimum absolute atomic E-state index is 0.372. The van der Waals surface area contributed by atoms with Crippen LogP contribution in [0.4, 0.5) is 0 Å². The standard InChI is InChI=1S/C16H16Br2O/c17-14-8-4-12(5-9-14)2-1-3-16(19)13-6-10-15(18)11-7-13/h4-11,16,19H,1-3H2/t16-/m1/s1. The molecule has 0 saturated carbocycles. The molecule has 0 heterocycles. The lowest BCUT2D eigenvalue weighted by Gasteiger charge is -2.11. The van der Waals surface area contributed by atoms with Gasteiger partial charge in [-0.25, -0.2) is 0 Å². The molecular formula is C16H16Br2O. The molecule has 0 bridgehead atoms. The third-order valence-corrected chi connectivity index (χ3v) is 4.17. The normalized spacial score (nSPS) is 12.4. The van der Waals surface area contributed by atoms with Crippen LogP contribution in [0.15, 0.2) is 57.5 Å². The Hall–Kier alpha value is -0.640. The first-order valence-electron chi connectivity index (χ1n) is 6.33. The molecule has 0 aromatic heterocycles. The largest absolute Gasteiger partial charge is 0.388 e. The first-order valence-corrected chi connectivity index (χ1v) is 7.92. The van der Waals surface area contributed by atoms with Crippen LogP contribution in [0, 0.1) is 0 Å². The van der Waals surface area contributed by atoms with E-state index >= 15 is 0 Å². The summed E-state index contributed by atoms with van der Waals surface area (Å²) in [6.45, 7) is 0. The van der Waals surface area contributed by atoms with E-state index < -0.39 is 0 Å². The first-order chi connectivity index (χ1) is 9.15. The monoisotopic (exact) mass is 382 g/mol. The number of aliphatic hydroxyl groups excluding tert-OH is 1. The molecule has 1 nitrogen and oxygen atoms in total. The molecule has 1 atom stereocenters. The van der Waals surface area contributed by atoms with Crippen molar-refractivity contribution in [2.75, 3.05) is 0 Å². The summed E-state index contributed by atoms with van der Waals surface area (Å²) < 4.78 is 2.14. The number of hydrogen-bond acceptors (Lipinski definition) is 1. The van der Waals surface area contributed by atoms with Crippen molar-refractivity contribution >= 4 is 31.9 Å². The average molecular weight is 384 g/mol. The Morgan fingerprint density at radius 2 is 1.37 bits per heavy atom. The van der Waals surface area contributed by atoms with Gasteiger partial charge in [0, 0.05) is 8.95 Å². The smallest absolute Gasteiger partial charge is 0.0790 e. The number of rotatable bonds is 5. The van der Waals surface area contributed by atoms with Crippen LogP contribution in [0.3, 0.4) is 0 Å². The van der Waals surface area contributed by atoms with Gasteiger partial charge in [0.15, 0.2) is 0 Å². The Bertz CT molecular complexity index is 505. The third-order valence-electron chi connectivity index (χ3n) is 3.11. The van der Waals surface area contributed by atoms with Crippen LogP contribution in [0.5, 0.6) is 0 Å². The highest BCUT2D eigenvalue weighted by molar-refractivity contribution is 9.10. The van der Waals surface area contributed by atoms with Crippen LogP contribution in [0.1, 0.15) is 30.1 Å². The molecule has 100 valence electrons. The van der Waals surface area contributed by atoms with E-state index in [2.05, 4.69) is 56.1 Å². The summed E-state index contributed by atoms with van der Waals surface area (Å²) in [4.78, 5) is 0. The summed E-state index contributed by atoms with van der Waals surface area (Å²) in [6.07, 6.45) is 2.40. The van der Waals surface area contributed by atoms with E-state index in [1.165, 1.54) is 5.56 Å². The van der Waals surface area contributed by atoms with Crippen molar-refractivity contribution in [3.63, 3.8) is 0 Å². The summed E-state index contributed by atoms with van der Waals surface area (Å²) in [5.74, 6) is 0. The zero-order chi connectivity index (χ0) is 13.7. The van der Waals surface area contributed by atoms with Gasteiger partial charge in [0.2, 0.25) is 0 Å². The quantitative estimate of drug-likeness (QED) is 0.745. The Morgan fingerprint density at radius 1 is 0.842 bits per heavy atom. The van der Waals surface area contributed by atoms with Crippen LogP contribution >= 0.6 is 31.9 Å². The summed E-state index contributed by atoms with van der Waals surface area (Å²) in [5, 5.41) is 10.1. The van der Waals surface area contributed by atoms with Gasteiger partial charge in [0.25, 0.3) is 0 Å². The molecule has 0 saturated heterocycles. The van der Waals surface area contributed by atoms with Gasteiger partial charge in [-0.3, -0.25) is 0 Å². The van der Waals surface area contributed by atoms with E-state index in [9.17, 15) is 5.11 Å². The fourth-order valence-electron chi connectivity index (χ4n) is 2.00. The molecule has 19 heavy (non-hydrogen) atoms. The van der Waals surface area contributed by atoms with E-state index in [1.807, 2.05) is 24.3 Å². The van der Waals surface area contributed by atoms with Gasteiger partial charge in [-0.2, -0.15) is 0 Å². The van der Waals surface area contributed by atoms with Crippen molar-refractivity contribution in [3.8, 4) is 0 Å². The second-order valence-electron chi connectivity index (χ2n) is 4.59. The van der Waals surface area contributed by atoms with Gasteiger partial charge in [0.05, 0.1) is 6.10 Å². The van der Waals surface area contributed by atoms with E-state index in [0.717, 1.165) is 33.8 Å². The van der Waals surface area contributed by atoms with Crippen LogP contribution in [-0.2, 0) is 6.42 Å². The molecule has 2 aromatic rings. The predicted octanol–water partition coefficient (Wildman–Crippen LogP) is 5.27. The second kappa shape index (κ2) is 7.22. The van der Waals surface area contributed by atoms with E-state index in [1.54, 1.807) is 0 Å². The molecule has 0 aliphatic carbocycles. The molecule has 3 heteroatoms. The van der Waals surface area contributed by atoms with E-state index in [-0.39, 0.29) is 6.10 Å². The molecule has 2 aromatic carbocycles. The third kappa shape index (κ3) is 4.75. The zero-order valence-electron chi connectivity index (χ0n) is 10.5. The van der Waals surface area contributed by atoms with Crippen LogP contribution < -0.4 is 0 Å². The maximum Gasteiger partial charge on any atom is 0.0790 e. The molecule has 0 fully saturated rings. The highest BCUT2D eigenvalue weighted by Crippen LogP contribution is 2.22. The molecule has 1 N–H and O–H groups in total. The van der Waals surface area contributed by atoms with E-state index in [0.29, 0.717) is 0 Å². The van der Waals surface area contributed by atoms with Crippen LogP contribution in [-0.4, -0.2) is 5.11 Å². The highest BCUT2D eigenvalue weighted by atomic mass is 79.9. The van der Waals surface area contributed by atoms with Gasteiger partial charge in [0.1, 0.15) is 0 Å². The summed E-state index contributed by atoms with van der Waals surface area (Å²) >= 11 is 6.83. The van der Waals surface area contributed by atoms with Crippen molar-refractivity contribution in [1.29, 1.82) is 0 Å². The minimum Gasteiger partial charge on any atom is -0.388 e. The number of aliphatic hydroxyl groups is 1. The Kier molecular flexibility index (Phi) is 5.61. The summed E-state index contributed by atoms with van der Waals surface area (Å²) in [6, 6.07) is 16.2. The van der Waals surface area contributed by atoms with Crippen molar-refractivity contribution < 1.29 is 5.11 Å². The van der Waals surface area contributed by atoms with Gasteiger partial charge in [-0.1, -0.05) is 56.1 Å². The van der Waals surface area contributed by atoms with Gasteiger partial charge >= 0.3 is 0 Å². The molecule has 0 radical (unpaired) electrons. The van der Waals surface area contributed by atoms with Crippen molar-refractivity contribution in [1.82, 2.24) is 0 Å². The molecule has 2 rings (SSSR count). The molecule has 0 amide bonds.